The molecule has 0 amide bonds. The molecule has 120 valence electrons. The number of rotatable bonds is 10. The van der Waals surface area contributed by atoms with Gasteiger partial charge in [0.05, 0.1) is 13.2 Å². The number of phosphoric acid groups is 1. The molecular weight excluding hydrogens is 299 g/mol. The van der Waals surface area contributed by atoms with Crippen molar-refractivity contribution >= 4 is 13.6 Å². The summed E-state index contributed by atoms with van der Waals surface area (Å²) in [6.07, 6.45) is -8.10. The number of carbonyl (C=O) groups is 1. The lowest BCUT2D eigenvalue weighted by molar-refractivity contribution is -0.147. The Bertz CT molecular complexity index is 342. The summed E-state index contributed by atoms with van der Waals surface area (Å²) in [7, 11) is -4.63. The number of ketones is 1. The van der Waals surface area contributed by atoms with Gasteiger partial charge >= 0.3 is 7.82 Å². The van der Waals surface area contributed by atoms with E-state index >= 15 is 0 Å². The molecule has 0 aromatic rings. The molecule has 4 unspecified atom stereocenters. The minimum Gasteiger partial charge on any atom is -0.394 e. The highest BCUT2D eigenvalue weighted by Gasteiger charge is 2.33. The maximum absolute atomic E-state index is 11.4. The van der Waals surface area contributed by atoms with Crippen LogP contribution in [0, 0.1) is 0 Å². The van der Waals surface area contributed by atoms with Crippen LogP contribution in [0.15, 0.2) is 0 Å². The van der Waals surface area contributed by atoms with E-state index in [4.69, 9.17) is 20.0 Å². The predicted molar refractivity (Wildman–Crippen MR) is 63.4 cm³/mol. The van der Waals surface area contributed by atoms with Crippen LogP contribution in [-0.4, -0.2) is 78.7 Å². The number of hydrogen-bond acceptors (Lipinski definition) is 8. The van der Waals surface area contributed by atoms with Gasteiger partial charge in [0.15, 0.2) is 5.78 Å². The molecule has 4 atom stereocenters. The SMILES string of the molecule is O=C(CCCOP(=O)(O)O)C(O)C(O)C(O)C(O)CO. The second-order valence-corrected chi connectivity index (χ2v) is 5.31. The van der Waals surface area contributed by atoms with Crippen LogP contribution in [0.3, 0.4) is 0 Å². The van der Waals surface area contributed by atoms with E-state index in [9.17, 15) is 24.7 Å². The molecule has 0 radical (unpaired) electrons. The van der Waals surface area contributed by atoms with Gasteiger partial charge in [0.2, 0.25) is 0 Å². The molecule has 0 spiro atoms. The van der Waals surface area contributed by atoms with Crippen molar-refractivity contribution < 1.29 is 49.2 Å². The van der Waals surface area contributed by atoms with Crippen LogP contribution in [0.4, 0.5) is 0 Å². The Hall–Kier alpha value is -0.420. The minimum atomic E-state index is -4.63. The molecule has 0 aliphatic carbocycles. The van der Waals surface area contributed by atoms with Crippen molar-refractivity contribution in [3.05, 3.63) is 0 Å². The van der Waals surface area contributed by atoms with Crippen LogP contribution in [0.2, 0.25) is 0 Å². The van der Waals surface area contributed by atoms with Gasteiger partial charge in [-0.2, -0.15) is 0 Å². The smallest absolute Gasteiger partial charge is 0.394 e. The van der Waals surface area contributed by atoms with E-state index in [1.165, 1.54) is 0 Å². The third kappa shape index (κ3) is 7.39. The van der Waals surface area contributed by atoms with Gasteiger partial charge in [0, 0.05) is 6.42 Å². The Morgan fingerprint density at radius 2 is 1.65 bits per heavy atom. The monoisotopic (exact) mass is 318 g/mol. The largest absolute Gasteiger partial charge is 0.469 e. The van der Waals surface area contributed by atoms with E-state index in [0.717, 1.165) is 0 Å². The maximum Gasteiger partial charge on any atom is 0.469 e. The third-order valence-corrected chi connectivity index (χ3v) is 2.93. The third-order valence-electron chi connectivity index (χ3n) is 2.41. The first-order valence-corrected chi connectivity index (χ1v) is 7.19. The number of carbonyl (C=O) groups excluding carboxylic acids is 1. The zero-order valence-corrected chi connectivity index (χ0v) is 11.3. The molecule has 0 saturated carbocycles. The highest BCUT2D eigenvalue weighted by molar-refractivity contribution is 7.46. The van der Waals surface area contributed by atoms with E-state index in [1.807, 2.05) is 0 Å². The van der Waals surface area contributed by atoms with E-state index in [0.29, 0.717) is 0 Å². The summed E-state index contributed by atoms with van der Waals surface area (Å²) >= 11 is 0. The Labute approximate surface area is 114 Å². The number of phosphoric ester groups is 1. The van der Waals surface area contributed by atoms with E-state index in [2.05, 4.69) is 4.52 Å². The summed E-state index contributed by atoms with van der Waals surface area (Å²) in [5.74, 6) is -0.906. The van der Waals surface area contributed by atoms with Crippen molar-refractivity contribution in [2.75, 3.05) is 13.2 Å². The van der Waals surface area contributed by atoms with Gasteiger partial charge in [0.1, 0.15) is 24.4 Å². The van der Waals surface area contributed by atoms with Crippen LogP contribution in [0.5, 0.6) is 0 Å². The van der Waals surface area contributed by atoms with Crippen molar-refractivity contribution in [1.29, 1.82) is 0 Å². The van der Waals surface area contributed by atoms with Crippen molar-refractivity contribution in [2.24, 2.45) is 0 Å². The fourth-order valence-electron chi connectivity index (χ4n) is 1.29. The summed E-state index contributed by atoms with van der Waals surface area (Å²) in [6, 6.07) is 0. The van der Waals surface area contributed by atoms with Gasteiger partial charge in [-0.1, -0.05) is 0 Å². The van der Waals surface area contributed by atoms with E-state index in [-0.39, 0.29) is 12.8 Å². The van der Waals surface area contributed by atoms with E-state index in [1.54, 1.807) is 0 Å². The lowest BCUT2D eigenvalue weighted by Crippen LogP contribution is -2.48. The van der Waals surface area contributed by atoms with Crippen molar-refractivity contribution in [3.63, 3.8) is 0 Å². The van der Waals surface area contributed by atoms with Gasteiger partial charge < -0.3 is 35.3 Å². The standard InChI is InChI=1S/C9H19O10P/c10-4-6(12)8(14)9(15)7(13)5(11)2-1-3-19-20(16,17)18/h6-10,12-15H,1-4H2,(H2,16,17,18). The van der Waals surface area contributed by atoms with Crippen molar-refractivity contribution in [3.8, 4) is 0 Å². The fraction of sp³-hybridized carbons (Fsp3) is 0.889. The number of Topliss-reactive ketones (excluding diaryl/α,β-unsaturated/α-hetero) is 1. The summed E-state index contributed by atoms with van der Waals surface area (Å²) in [6.45, 7) is -1.30. The molecule has 10 nitrogen and oxygen atoms in total. The van der Waals surface area contributed by atoms with Gasteiger partial charge in [-0.05, 0) is 6.42 Å². The minimum absolute atomic E-state index is 0.119. The summed E-state index contributed by atoms with van der Waals surface area (Å²) in [5, 5.41) is 45.7. The zero-order chi connectivity index (χ0) is 15.9. The van der Waals surface area contributed by atoms with Crippen LogP contribution < -0.4 is 0 Å². The summed E-state index contributed by atoms with van der Waals surface area (Å²) < 4.78 is 14.4. The number of aliphatic hydroxyl groups excluding tert-OH is 5. The molecule has 0 aromatic heterocycles. The van der Waals surface area contributed by atoms with Gasteiger partial charge in [-0.3, -0.25) is 9.32 Å². The average Bonchev–Trinajstić information content (AvgIpc) is 2.38. The zero-order valence-electron chi connectivity index (χ0n) is 10.4. The highest BCUT2D eigenvalue weighted by atomic mass is 31.2. The molecule has 0 aliphatic rings. The van der Waals surface area contributed by atoms with Crippen LogP contribution in [0.1, 0.15) is 12.8 Å². The first-order chi connectivity index (χ1) is 9.10. The Balaban J connectivity index is 4.17. The molecule has 0 heterocycles. The second-order valence-electron chi connectivity index (χ2n) is 4.07. The summed E-state index contributed by atoms with van der Waals surface area (Å²) in [4.78, 5) is 28.2. The highest BCUT2D eigenvalue weighted by Crippen LogP contribution is 2.35. The lowest BCUT2D eigenvalue weighted by atomic mass is 9.98. The fourth-order valence-corrected chi connectivity index (χ4v) is 1.66. The molecule has 7 N–H and O–H groups in total. The number of aliphatic hydroxyl groups is 5. The molecular formula is C9H19O10P. The Morgan fingerprint density at radius 3 is 2.10 bits per heavy atom. The van der Waals surface area contributed by atoms with Gasteiger partial charge in [0.25, 0.3) is 0 Å². The molecule has 0 bridgehead atoms. The van der Waals surface area contributed by atoms with Crippen molar-refractivity contribution in [1.82, 2.24) is 0 Å². The molecule has 0 fully saturated rings. The molecule has 0 saturated heterocycles. The first-order valence-electron chi connectivity index (χ1n) is 5.66. The normalized spacial score (nSPS) is 18.4. The molecule has 0 aliphatic heterocycles. The Morgan fingerprint density at radius 1 is 1.10 bits per heavy atom. The molecule has 20 heavy (non-hydrogen) atoms. The van der Waals surface area contributed by atoms with Crippen molar-refractivity contribution in [2.45, 2.75) is 37.3 Å². The lowest BCUT2D eigenvalue weighted by Gasteiger charge is -2.24. The number of hydrogen-bond donors (Lipinski definition) is 7. The second kappa shape index (κ2) is 8.78. The average molecular weight is 318 g/mol. The molecule has 0 aromatic carbocycles. The molecule has 0 rings (SSSR count). The van der Waals surface area contributed by atoms with Crippen LogP contribution in [0.25, 0.3) is 0 Å². The topological polar surface area (TPSA) is 185 Å². The van der Waals surface area contributed by atoms with Crippen LogP contribution >= 0.6 is 7.82 Å². The Kier molecular flexibility index (Phi) is 8.59. The summed E-state index contributed by atoms with van der Waals surface area (Å²) in [5.41, 5.74) is 0. The predicted octanol–water partition coefficient (Wildman–Crippen LogP) is -3.12. The van der Waals surface area contributed by atoms with Gasteiger partial charge in [-0.25, -0.2) is 4.57 Å². The quantitative estimate of drug-likeness (QED) is 0.160. The van der Waals surface area contributed by atoms with E-state index < -0.39 is 51.2 Å². The van der Waals surface area contributed by atoms with Crippen LogP contribution in [-0.2, 0) is 13.9 Å². The molecule has 11 heteroatoms. The maximum atomic E-state index is 11.4. The first kappa shape index (κ1) is 19.6. The van der Waals surface area contributed by atoms with Gasteiger partial charge in [-0.15, -0.1) is 0 Å².